The van der Waals surface area contributed by atoms with Gasteiger partial charge in [0.05, 0.1) is 34.5 Å². The van der Waals surface area contributed by atoms with Gasteiger partial charge in [0.25, 0.3) is 15.7 Å². The van der Waals surface area contributed by atoms with E-state index in [4.69, 9.17) is 10.00 Å². The van der Waals surface area contributed by atoms with E-state index in [0.29, 0.717) is 27.6 Å². The first-order valence-corrected chi connectivity index (χ1v) is 11.0. The summed E-state index contributed by atoms with van der Waals surface area (Å²) in [5.41, 5.74) is 1.06. The molecular weight excluding hydrogens is 486 g/mol. The van der Waals surface area contributed by atoms with Gasteiger partial charge in [0, 0.05) is 37.5 Å². The highest BCUT2D eigenvalue weighted by atomic mass is 35.5. The van der Waals surface area contributed by atoms with E-state index in [-0.39, 0.29) is 29.7 Å². The van der Waals surface area contributed by atoms with Crippen molar-refractivity contribution in [3.63, 3.8) is 0 Å². The third-order valence-corrected chi connectivity index (χ3v) is 6.26. The topological polar surface area (TPSA) is 146 Å². The molecule has 0 radical (unpaired) electrons. The molecule has 0 saturated carbocycles. The Bertz CT molecular complexity index is 1370. The normalized spacial score (nSPS) is 11.4. The lowest BCUT2D eigenvalue weighted by Crippen LogP contribution is -2.24. The summed E-state index contributed by atoms with van der Waals surface area (Å²) in [6.07, 6.45) is 4.36. The number of aromatic nitrogens is 2. The Morgan fingerprint density at radius 2 is 2.03 bits per heavy atom. The molecule has 12 nitrogen and oxygen atoms in total. The summed E-state index contributed by atoms with van der Waals surface area (Å²) in [6.45, 7) is 0.702. The average molecular weight is 508 g/mol. The van der Waals surface area contributed by atoms with Gasteiger partial charge in [-0.2, -0.15) is 28.3 Å². The Labute approximate surface area is 202 Å². The smallest absolute Gasteiger partial charge is 0.282 e. The molecule has 3 aromatic rings. The van der Waals surface area contributed by atoms with Gasteiger partial charge < -0.3 is 9.64 Å². The molecule has 34 heavy (non-hydrogen) atoms. The van der Waals surface area contributed by atoms with Crippen LogP contribution in [0.2, 0.25) is 0 Å². The van der Waals surface area contributed by atoms with E-state index in [1.165, 1.54) is 36.1 Å². The largest absolute Gasteiger partial charge is 0.491 e. The minimum Gasteiger partial charge on any atom is -0.491 e. The molecule has 0 unspecified atom stereocenters. The van der Waals surface area contributed by atoms with Gasteiger partial charge in [-0.25, -0.2) is 4.52 Å². The van der Waals surface area contributed by atoms with Crippen LogP contribution in [0.25, 0.3) is 5.52 Å². The van der Waals surface area contributed by atoms with E-state index in [0.717, 1.165) is 6.07 Å². The molecule has 14 heteroatoms. The lowest BCUT2D eigenvalue weighted by Gasteiger charge is -2.17. The highest BCUT2D eigenvalue weighted by Gasteiger charge is 2.27. The van der Waals surface area contributed by atoms with Crippen molar-refractivity contribution in [1.82, 2.24) is 18.9 Å². The number of nitrogens with zero attached hydrogens (tertiary/aromatic N) is 7. The van der Waals surface area contributed by atoms with Crippen molar-refractivity contribution in [1.29, 1.82) is 5.26 Å². The SMILES string of the molecule is CN(C)CCOc1ccc([N+](=O)[O-])cc1S(=O)(=O)N(C)N=Cc1cnn2ccc(C#N)cc12.Cl. The zero-order valence-electron chi connectivity index (χ0n) is 18.5. The minimum absolute atomic E-state index is 0. The molecular formula is C20H22ClN7O5S. The zero-order valence-corrected chi connectivity index (χ0v) is 20.2. The van der Waals surface area contributed by atoms with E-state index in [9.17, 15) is 18.5 Å². The molecule has 0 bridgehead atoms. The minimum atomic E-state index is -4.28. The van der Waals surface area contributed by atoms with Crippen molar-refractivity contribution < 1.29 is 18.1 Å². The highest BCUT2D eigenvalue weighted by Crippen LogP contribution is 2.30. The highest BCUT2D eigenvalue weighted by molar-refractivity contribution is 7.89. The summed E-state index contributed by atoms with van der Waals surface area (Å²) in [5, 5.41) is 28.4. The fourth-order valence-electron chi connectivity index (χ4n) is 2.79. The van der Waals surface area contributed by atoms with Gasteiger partial charge in [0.1, 0.15) is 17.3 Å². The third kappa shape index (κ3) is 5.79. The number of nitriles is 1. The lowest BCUT2D eigenvalue weighted by molar-refractivity contribution is -0.385. The van der Waals surface area contributed by atoms with E-state index >= 15 is 0 Å². The van der Waals surface area contributed by atoms with Crippen molar-refractivity contribution >= 4 is 39.8 Å². The van der Waals surface area contributed by atoms with Crippen molar-refractivity contribution in [3.05, 3.63) is 64.0 Å². The first-order chi connectivity index (χ1) is 15.6. The van der Waals surface area contributed by atoms with Crippen molar-refractivity contribution in [3.8, 4) is 11.8 Å². The predicted octanol–water partition coefficient (Wildman–Crippen LogP) is 2.13. The number of hydrogen-bond acceptors (Lipinski definition) is 9. The molecule has 0 aliphatic heterocycles. The van der Waals surface area contributed by atoms with Gasteiger partial charge >= 0.3 is 0 Å². The van der Waals surface area contributed by atoms with Crippen molar-refractivity contribution in [2.45, 2.75) is 4.90 Å². The zero-order chi connectivity index (χ0) is 24.2. The summed E-state index contributed by atoms with van der Waals surface area (Å²) < 4.78 is 34.2. The Hall–Kier alpha value is -3.73. The van der Waals surface area contributed by atoms with Gasteiger partial charge in [-0.15, -0.1) is 12.4 Å². The number of sulfonamides is 1. The van der Waals surface area contributed by atoms with E-state index in [1.807, 2.05) is 25.1 Å². The molecule has 1 aromatic carbocycles. The molecule has 0 aliphatic rings. The van der Waals surface area contributed by atoms with Crippen LogP contribution in [0, 0.1) is 21.4 Å². The van der Waals surface area contributed by atoms with E-state index in [2.05, 4.69) is 10.2 Å². The second kappa shape index (κ2) is 10.9. The summed E-state index contributed by atoms with van der Waals surface area (Å²) in [7, 11) is 0.592. The fraction of sp³-hybridized carbons (Fsp3) is 0.250. The number of pyridine rings is 1. The molecule has 0 N–H and O–H groups in total. The number of fused-ring (bicyclic) bond motifs is 1. The number of nitro groups is 1. The predicted molar refractivity (Wildman–Crippen MR) is 127 cm³/mol. The van der Waals surface area contributed by atoms with Gasteiger partial charge in [-0.05, 0) is 32.3 Å². The molecule has 0 aliphatic carbocycles. The second-order valence-electron chi connectivity index (χ2n) is 7.18. The number of benzene rings is 1. The Balaban J connectivity index is 0.00000408. The van der Waals surface area contributed by atoms with Gasteiger partial charge in [-0.1, -0.05) is 0 Å². The molecule has 180 valence electrons. The molecule has 0 saturated heterocycles. The van der Waals surface area contributed by atoms with Gasteiger partial charge in [0.2, 0.25) is 0 Å². The summed E-state index contributed by atoms with van der Waals surface area (Å²) in [6, 6.07) is 8.60. The van der Waals surface area contributed by atoms with Crippen LogP contribution in [-0.4, -0.2) is 72.8 Å². The van der Waals surface area contributed by atoms with Crippen molar-refractivity contribution in [2.24, 2.45) is 5.10 Å². The number of halogens is 1. The lowest BCUT2D eigenvalue weighted by atomic mass is 10.2. The van der Waals surface area contributed by atoms with Gasteiger partial charge in [-0.3, -0.25) is 10.1 Å². The number of ether oxygens (including phenoxy) is 1. The van der Waals surface area contributed by atoms with Crippen molar-refractivity contribution in [2.75, 3.05) is 34.3 Å². The van der Waals surface area contributed by atoms with Crippen LogP contribution in [-0.2, 0) is 10.0 Å². The molecule has 0 fully saturated rings. The molecule has 0 spiro atoms. The van der Waals surface area contributed by atoms with Crippen LogP contribution in [0.15, 0.2) is 52.7 Å². The van der Waals surface area contributed by atoms with Crippen LogP contribution in [0.5, 0.6) is 5.75 Å². The maximum absolute atomic E-state index is 13.2. The molecule has 2 heterocycles. The standard InChI is InChI=1S/C20H21N7O5S.ClH/c1-24(2)8-9-32-19-5-4-17(27(28)29)11-20(19)33(30,31)25(3)22-13-16-14-23-26-7-6-15(12-21)10-18(16)26;/h4-7,10-11,13-14H,8-9H2,1-3H3;1H. The quantitative estimate of drug-likeness (QED) is 0.243. The van der Waals surface area contributed by atoms with E-state index in [1.54, 1.807) is 18.3 Å². The average Bonchev–Trinajstić information content (AvgIpc) is 3.19. The van der Waals surface area contributed by atoms with Crippen LogP contribution >= 0.6 is 12.4 Å². The maximum atomic E-state index is 13.2. The first kappa shape index (κ1) is 26.5. The van der Waals surface area contributed by atoms with Crippen LogP contribution < -0.4 is 4.74 Å². The summed E-state index contributed by atoms with van der Waals surface area (Å²) in [4.78, 5) is 12.0. The number of hydrogen-bond donors (Lipinski definition) is 0. The molecule has 0 atom stereocenters. The number of hydrazone groups is 1. The van der Waals surface area contributed by atoms with Crippen LogP contribution in [0.4, 0.5) is 5.69 Å². The Morgan fingerprint density at radius 3 is 2.68 bits per heavy atom. The number of nitro benzene ring substituents is 1. The first-order valence-electron chi connectivity index (χ1n) is 9.60. The second-order valence-corrected chi connectivity index (χ2v) is 9.10. The van der Waals surface area contributed by atoms with Crippen LogP contribution in [0.1, 0.15) is 11.1 Å². The maximum Gasteiger partial charge on any atom is 0.282 e. The Morgan fingerprint density at radius 1 is 1.29 bits per heavy atom. The molecule has 0 amide bonds. The number of likely N-dealkylation sites (N-methyl/N-ethyl adjacent to an activating group) is 1. The van der Waals surface area contributed by atoms with Crippen LogP contribution in [0.3, 0.4) is 0 Å². The molecule has 2 aromatic heterocycles. The summed E-state index contributed by atoms with van der Waals surface area (Å²) >= 11 is 0. The van der Waals surface area contributed by atoms with Gasteiger partial charge in [0.15, 0.2) is 0 Å². The Kier molecular flexibility index (Phi) is 8.52. The third-order valence-electron chi connectivity index (χ3n) is 4.60. The number of rotatable bonds is 9. The monoisotopic (exact) mass is 507 g/mol. The van der Waals surface area contributed by atoms with E-state index < -0.39 is 20.6 Å². The number of non-ortho nitro benzene ring substituents is 1. The molecule has 3 rings (SSSR count). The summed E-state index contributed by atoms with van der Waals surface area (Å²) in [5.74, 6) is -0.0147. The fourth-order valence-corrected chi connectivity index (χ4v) is 3.89.